The van der Waals surface area contributed by atoms with E-state index in [4.69, 9.17) is 0 Å². The minimum absolute atomic E-state index is 0.108. The van der Waals surface area contributed by atoms with E-state index in [2.05, 4.69) is 21.2 Å². The van der Waals surface area contributed by atoms with Crippen LogP contribution in [0.5, 0.6) is 5.75 Å². The first kappa shape index (κ1) is 14.3. The van der Waals surface area contributed by atoms with Gasteiger partial charge in [-0.3, -0.25) is 0 Å². The Hall–Kier alpha value is -0.750. The summed E-state index contributed by atoms with van der Waals surface area (Å²) in [6, 6.07) is 4.19. The van der Waals surface area contributed by atoms with Gasteiger partial charge >= 0.3 is 6.18 Å². The predicted octanol–water partition coefficient (Wildman–Crippen LogP) is 3.59. The number of alkyl halides is 3. The van der Waals surface area contributed by atoms with Crippen LogP contribution in [0.25, 0.3) is 0 Å². The van der Waals surface area contributed by atoms with Crippen molar-refractivity contribution in [3.8, 4) is 5.75 Å². The second kappa shape index (κ2) is 5.73. The summed E-state index contributed by atoms with van der Waals surface area (Å²) in [5.74, 6) is 0.108. The summed E-state index contributed by atoms with van der Waals surface area (Å²) in [4.78, 5) is 0. The molecule has 0 spiro atoms. The maximum absolute atomic E-state index is 12.1. The number of nitrogens with one attached hydrogen (secondary N) is 1. The molecule has 0 bridgehead atoms. The number of hydrogen-bond acceptors (Lipinski definition) is 2. The van der Waals surface area contributed by atoms with Crippen LogP contribution in [0.3, 0.4) is 0 Å². The molecule has 1 aromatic rings. The van der Waals surface area contributed by atoms with Gasteiger partial charge < -0.3 is 10.4 Å². The Morgan fingerprint density at radius 3 is 2.59 bits per heavy atom. The van der Waals surface area contributed by atoms with Crippen molar-refractivity contribution >= 4 is 15.9 Å². The molecule has 1 aromatic carbocycles. The molecule has 1 rings (SSSR count). The lowest BCUT2D eigenvalue weighted by molar-refractivity contribution is -0.139. The summed E-state index contributed by atoms with van der Waals surface area (Å²) in [6.45, 7) is 1.82. The maximum Gasteiger partial charge on any atom is 0.390 e. The third-order valence-electron chi connectivity index (χ3n) is 2.20. The SMILES string of the molecule is CC(CC(F)(F)F)NCc1ccc(O)c(Br)c1. The first-order valence-corrected chi connectivity index (χ1v) is 5.85. The molecule has 0 amide bonds. The van der Waals surface area contributed by atoms with E-state index in [0.717, 1.165) is 5.56 Å². The summed E-state index contributed by atoms with van der Waals surface area (Å²) in [7, 11) is 0. The number of benzene rings is 1. The molecule has 1 unspecified atom stereocenters. The topological polar surface area (TPSA) is 32.3 Å². The van der Waals surface area contributed by atoms with Crippen molar-refractivity contribution in [2.75, 3.05) is 0 Å². The van der Waals surface area contributed by atoms with Gasteiger partial charge in [-0.2, -0.15) is 13.2 Å². The van der Waals surface area contributed by atoms with Crippen molar-refractivity contribution in [1.29, 1.82) is 0 Å². The molecular weight excluding hydrogens is 299 g/mol. The summed E-state index contributed by atoms with van der Waals surface area (Å²) in [5, 5.41) is 12.0. The van der Waals surface area contributed by atoms with Crippen LogP contribution in [-0.2, 0) is 6.54 Å². The highest BCUT2D eigenvalue weighted by molar-refractivity contribution is 9.10. The molecule has 0 saturated heterocycles. The highest BCUT2D eigenvalue weighted by Crippen LogP contribution is 2.25. The highest BCUT2D eigenvalue weighted by Gasteiger charge is 2.29. The van der Waals surface area contributed by atoms with Gasteiger partial charge in [-0.15, -0.1) is 0 Å². The van der Waals surface area contributed by atoms with Gasteiger partial charge in [-0.25, -0.2) is 0 Å². The lowest BCUT2D eigenvalue weighted by Crippen LogP contribution is -2.30. The smallest absolute Gasteiger partial charge is 0.390 e. The maximum atomic E-state index is 12.1. The zero-order chi connectivity index (χ0) is 13.1. The van der Waals surface area contributed by atoms with E-state index in [-0.39, 0.29) is 5.75 Å². The van der Waals surface area contributed by atoms with Gasteiger partial charge in [0.25, 0.3) is 0 Å². The number of halogens is 4. The molecular formula is C11H13BrF3NO. The Kier molecular flexibility index (Phi) is 4.82. The lowest BCUT2D eigenvalue weighted by Gasteiger charge is -2.15. The molecule has 0 aliphatic carbocycles. The van der Waals surface area contributed by atoms with Crippen LogP contribution in [0, 0.1) is 0 Å². The predicted molar refractivity (Wildman–Crippen MR) is 62.8 cm³/mol. The average molecular weight is 312 g/mol. The average Bonchev–Trinajstić information content (AvgIpc) is 2.17. The van der Waals surface area contributed by atoms with Crippen molar-refractivity contribution < 1.29 is 18.3 Å². The van der Waals surface area contributed by atoms with Crippen LogP contribution in [0.4, 0.5) is 13.2 Å². The fraction of sp³-hybridized carbons (Fsp3) is 0.455. The standard InChI is InChI=1S/C11H13BrF3NO/c1-7(5-11(13,14)15)16-6-8-2-3-10(17)9(12)4-8/h2-4,7,16-17H,5-6H2,1H3. The number of phenolic OH excluding ortho intramolecular Hbond substituents is 1. The summed E-state index contributed by atoms with van der Waals surface area (Å²) < 4.78 is 36.7. The Balaban J connectivity index is 2.47. The second-order valence-electron chi connectivity index (χ2n) is 3.89. The fourth-order valence-corrected chi connectivity index (χ4v) is 1.80. The minimum Gasteiger partial charge on any atom is -0.507 e. The Morgan fingerprint density at radius 2 is 2.06 bits per heavy atom. The highest BCUT2D eigenvalue weighted by atomic mass is 79.9. The first-order chi connectivity index (χ1) is 7.78. The van der Waals surface area contributed by atoms with Gasteiger partial charge in [0.2, 0.25) is 0 Å². The van der Waals surface area contributed by atoms with Crippen molar-refractivity contribution in [2.24, 2.45) is 0 Å². The second-order valence-corrected chi connectivity index (χ2v) is 4.74. The lowest BCUT2D eigenvalue weighted by atomic mass is 10.2. The van der Waals surface area contributed by atoms with Crippen LogP contribution in [-0.4, -0.2) is 17.3 Å². The number of hydrogen-bond donors (Lipinski definition) is 2. The molecule has 6 heteroatoms. The Morgan fingerprint density at radius 1 is 1.41 bits per heavy atom. The Bertz CT molecular complexity index is 381. The van der Waals surface area contributed by atoms with Gasteiger partial charge in [-0.05, 0) is 40.5 Å². The molecule has 0 fully saturated rings. The van der Waals surface area contributed by atoms with Crippen LogP contribution >= 0.6 is 15.9 Å². The Labute approximate surface area is 106 Å². The number of aromatic hydroxyl groups is 1. The first-order valence-electron chi connectivity index (χ1n) is 5.05. The quantitative estimate of drug-likeness (QED) is 0.890. The van der Waals surface area contributed by atoms with Gasteiger partial charge in [0.15, 0.2) is 0 Å². The van der Waals surface area contributed by atoms with Gasteiger partial charge in [0, 0.05) is 12.6 Å². The molecule has 0 aromatic heterocycles. The molecule has 17 heavy (non-hydrogen) atoms. The summed E-state index contributed by atoms with van der Waals surface area (Å²) in [5.41, 5.74) is 0.809. The molecule has 1 atom stereocenters. The molecule has 96 valence electrons. The normalized spacial score (nSPS) is 13.7. The zero-order valence-electron chi connectivity index (χ0n) is 9.18. The van der Waals surface area contributed by atoms with Crippen LogP contribution in [0.2, 0.25) is 0 Å². The third-order valence-corrected chi connectivity index (χ3v) is 2.84. The minimum atomic E-state index is -4.15. The molecule has 2 N–H and O–H groups in total. The summed E-state index contributed by atoms with van der Waals surface area (Å²) >= 11 is 3.14. The van der Waals surface area contributed by atoms with Gasteiger partial charge in [0.05, 0.1) is 10.9 Å². The molecule has 0 heterocycles. The van der Waals surface area contributed by atoms with Gasteiger partial charge in [-0.1, -0.05) is 6.07 Å². The third kappa shape index (κ3) is 5.41. The molecule has 0 saturated carbocycles. The summed E-state index contributed by atoms with van der Waals surface area (Å²) in [6.07, 6.45) is -5.01. The number of rotatable bonds is 4. The van der Waals surface area contributed by atoms with Crippen molar-refractivity contribution in [3.05, 3.63) is 28.2 Å². The van der Waals surface area contributed by atoms with E-state index >= 15 is 0 Å². The molecule has 0 radical (unpaired) electrons. The molecule has 2 nitrogen and oxygen atoms in total. The van der Waals surface area contributed by atoms with E-state index < -0.39 is 18.6 Å². The van der Waals surface area contributed by atoms with Crippen molar-refractivity contribution in [3.63, 3.8) is 0 Å². The van der Waals surface area contributed by atoms with Crippen LogP contribution in [0.15, 0.2) is 22.7 Å². The van der Waals surface area contributed by atoms with Gasteiger partial charge in [0.1, 0.15) is 5.75 Å². The van der Waals surface area contributed by atoms with E-state index in [9.17, 15) is 18.3 Å². The van der Waals surface area contributed by atoms with Crippen LogP contribution < -0.4 is 5.32 Å². The van der Waals surface area contributed by atoms with E-state index in [0.29, 0.717) is 11.0 Å². The monoisotopic (exact) mass is 311 g/mol. The fourth-order valence-electron chi connectivity index (χ4n) is 1.37. The van der Waals surface area contributed by atoms with Crippen molar-refractivity contribution in [2.45, 2.75) is 32.1 Å². The molecule has 0 aliphatic heterocycles. The van der Waals surface area contributed by atoms with Crippen molar-refractivity contribution in [1.82, 2.24) is 5.32 Å². The number of phenols is 1. The van der Waals surface area contributed by atoms with E-state index in [1.54, 1.807) is 12.1 Å². The largest absolute Gasteiger partial charge is 0.507 e. The van der Waals surface area contributed by atoms with E-state index in [1.165, 1.54) is 13.0 Å². The zero-order valence-corrected chi connectivity index (χ0v) is 10.8. The molecule has 0 aliphatic rings. The van der Waals surface area contributed by atoms with E-state index in [1.807, 2.05) is 0 Å². The van der Waals surface area contributed by atoms with Crippen LogP contribution in [0.1, 0.15) is 18.9 Å².